The Bertz CT molecular complexity index is 366. The number of rotatable bonds is 4. The van der Waals surface area contributed by atoms with Gasteiger partial charge in [-0.15, -0.1) is 0 Å². The van der Waals surface area contributed by atoms with Crippen molar-refractivity contribution < 1.29 is 9.21 Å². The fourth-order valence-corrected chi connectivity index (χ4v) is 1.39. The highest BCUT2D eigenvalue weighted by Gasteiger charge is 2.37. The zero-order valence-electron chi connectivity index (χ0n) is 8.88. The number of carbonyl (C=O) groups excluding carboxylic acids is 1. The van der Waals surface area contributed by atoms with Gasteiger partial charge in [0, 0.05) is 6.54 Å². The molecule has 0 spiro atoms. The molecule has 0 saturated heterocycles. The molecule has 1 aromatic heterocycles. The van der Waals surface area contributed by atoms with Crippen LogP contribution in [0.1, 0.15) is 35.9 Å². The van der Waals surface area contributed by atoms with Crippen LogP contribution in [-0.2, 0) is 6.54 Å². The van der Waals surface area contributed by atoms with E-state index in [1.807, 2.05) is 0 Å². The molecule has 1 amide bonds. The minimum atomic E-state index is -0.0772. The lowest BCUT2D eigenvalue weighted by Crippen LogP contribution is -2.28. The fourth-order valence-electron chi connectivity index (χ4n) is 1.39. The predicted molar refractivity (Wildman–Crippen MR) is 56.3 cm³/mol. The van der Waals surface area contributed by atoms with Gasteiger partial charge in [-0.3, -0.25) is 4.79 Å². The Morgan fingerprint density at radius 1 is 1.67 bits per heavy atom. The molecule has 0 radical (unpaired) electrons. The van der Waals surface area contributed by atoms with E-state index in [9.17, 15) is 4.79 Å². The second-order valence-corrected chi connectivity index (χ2v) is 4.50. The minimum Gasteiger partial charge on any atom is -0.467 e. The van der Waals surface area contributed by atoms with Crippen molar-refractivity contribution in [3.63, 3.8) is 0 Å². The Morgan fingerprint density at radius 2 is 2.40 bits per heavy atom. The van der Waals surface area contributed by atoms with Crippen LogP contribution in [-0.4, -0.2) is 12.5 Å². The number of carbonyl (C=O) groups is 1. The van der Waals surface area contributed by atoms with E-state index in [0.717, 1.165) is 6.54 Å². The normalized spacial score (nSPS) is 17.5. The van der Waals surface area contributed by atoms with Gasteiger partial charge < -0.3 is 15.5 Å². The van der Waals surface area contributed by atoms with Crippen molar-refractivity contribution >= 4 is 5.91 Å². The maximum Gasteiger partial charge on any atom is 0.254 e. The molecule has 0 unspecified atom stereocenters. The molecule has 4 heteroatoms. The molecule has 1 aromatic rings. The third-order valence-electron chi connectivity index (χ3n) is 2.90. The van der Waals surface area contributed by atoms with Crippen LogP contribution in [0.5, 0.6) is 0 Å². The van der Waals surface area contributed by atoms with Gasteiger partial charge >= 0.3 is 0 Å². The van der Waals surface area contributed by atoms with Gasteiger partial charge in [0.2, 0.25) is 0 Å². The summed E-state index contributed by atoms with van der Waals surface area (Å²) in [7, 11) is 0. The molecular formula is C11H16N2O2. The van der Waals surface area contributed by atoms with E-state index < -0.39 is 0 Å². The maximum absolute atomic E-state index is 11.6. The van der Waals surface area contributed by atoms with Crippen LogP contribution in [0.4, 0.5) is 0 Å². The van der Waals surface area contributed by atoms with Crippen molar-refractivity contribution in [2.24, 2.45) is 11.1 Å². The number of hydrogen-bond donors (Lipinski definition) is 2. The zero-order chi connectivity index (χ0) is 10.9. The largest absolute Gasteiger partial charge is 0.467 e. The molecule has 15 heavy (non-hydrogen) atoms. The summed E-state index contributed by atoms with van der Waals surface area (Å²) in [6, 6.07) is 1.69. The fraction of sp³-hybridized carbons (Fsp3) is 0.545. The third kappa shape index (κ3) is 2.39. The zero-order valence-corrected chi connectivity index (χ0v) is 8.88. The van der Waals surface area contributed by atoms with Crippen molar-refractivity contribution in [1.82, 2.24) is 5.32 Å². The molecular weight excluding hydrogens is 192 g/mol. The molecule has 0 aromatic carbocycles. The first kappa shape index (κ1) is 10.2. The number of furan rings is 1. The van der Waals surface area contributed by atoms with Crippen molar-refractivity contribution in [2.75, 3.05) is 6.54 Å². The summed E-state index contributed by atoms with van der Waals surface area (Å²) in [6.07, 6.45) is 3.85. The Hall–Kier alpha value is -1.29. The lowest BCUT2D eigenvalue weighted by Gasteiger charge is -2.08. The van der Waals surface area contributed by atoms with Gasteiger partial charge in [0.1, 0.15) is 12.0 Å². The second kappa shape index (κ2) is 3.70. The van der Waals surface area contributed by atoms with Crippen LogP contribution in [0.3, 0.4) is 0 Å². The number of amides is 1. The molecule has 1 fully saturated rings. The lowest BCUT2D eigenvalue weighted by molar-refractivity contribution is 0.0945. The van der Waals surface area contributed by atoms with E-state index >= 15 is 0 Å². The van der Waals surface area contributed by atoms with Crippen LogP contribution < -0.4 is 11.1 Å². The number of hydrogen-bond acceptors (Lipinski definition) is 3. The maximum atomic E-state index is 11.6. The molecule has 82 valence electrons. The van der Waals surface area contributed by atoms with Crippen molar-refractivity contribution in [2.45, 2.75) is 26.3 Å². The number of nitrogens with one attached hydrogen (secondary N) is 1. The van der Waals surface area contributed by atoms with E-state index in [1.54, 1.807) is 6.07 Å². The highest BCUT2D eigenvalue weighted by Crippen LogP contribution is 2.44. The van der Waals surface area contributed by atoms with Gasteiger partial charge in [-0.2, -0.15) is 0 Å². The summed E-state index contributed by atoms with van der Waals surface area (Å²) in [4.78, 5) is 11.6. The third-order valence-corrected chi connectivity index (χ3v) is 2.90. The Kier molecular flexibility index (Phi) is 2.52. The molecule has 4 nitrogen and oxygen atoms in total. The van der Waals surface area contributed by atoms with E-state index in [-0.39, 0.29) is 5.91 Å². The Morgan fingerprint density at radius 3 is 2.93 bits per heavy atom. The summed E-state index contributed by atoms with van der Waals surface area (Å²) < 4.78 is 5.10. The molecule has 0 atom stereocenters. The summed E-state index contributed by atoms with van der Waals surface area (Å²) in [5, 5.41) is 2.90. The van der Waals surface area contributed by atoms with E-state index in [4.69, 9.17) is 10.2 Å². The van der Waals surface area contributed by atoms with Crippen LogP contribution in [0.2, 0.25) is 0 Å². The second-order valence-electron chi connectivity index (χ2n) is 4.50. The number of nitrogens with two attached hydrogens (primary N) is 1. The van der Waals surface area contributed by atoms with Gasteiger partial charge in [-0.1, -0.05) is 6.92 Å². The predicted octanol–water partition coefficient (Wildman–Crippen LogP) is 1.27. The van der Waals surface area contributed by atoms with Crippen molar-refractivity contribution in [1.29, 1.82) is 0 Å². The van der Waals surface area contributed by atoms with Gasteiger partial charge in [-0.05, 0) is 24.3 Å². The summed E-state index contributed by atoms with van der Waals surface area (Å²) in [5.74, 6) is 0.560. The molecule has 3 N–H and O–H groups in total. The van der Waals surface area contributed by atoms with Crippen LogP contribution in [0.25, 0.3) is 0 Å². The van der Waals surface area contributed by atoms with E-state index in [2.05, 4.69) is 12.2 Å². The van der Waals surface area contributed by atoms with E-state index in [1.165, 1.54) is 19.1 Å². The van der Waals surface area contributed by atoms with Crippen LogP contribution in [0.15, 0.2) is 16.7 Å². The first-order valence-corrected chi connectivity index (χ1v) is 5.19. The van der Waals surface area contributed by atoms with Gasteiger partial charge in [-0.25, -0.2) is 0 Å². The highest BCUT2D eigenvalue weighted by molar-refractivity contribution is 5.94. The van der Waals surface area contributed by atoms with E-state index in [0.29, 0.717) is 23.3 Å². The molecule has 0 bridgehead atoms. The SMILES string of the molecule is CC1(CNC(=O)c2coc(CN)c2)CC1. The molecule has 1 heterocycles. The van der Waals surface area contributed by atoms with Crippen LogP contribution in [0, 0.1) is 5.41 Å². The van der Waals surface area contributed by atoms with Crippen LogP contribution >= 0.6 is 0 Å². The molecule has 1 saturated carbocycles. The van der Waals surface area contributed by atoms with Gasteiger partial charge in [0.15, 0.2) is 0 Å². The van der Waals surface area contributed by atoms with Gasteiger partial charge in [0.25, 0.3) is 5.91 Å². The monoisotopic (exact) mass is 208 g/mol. The van der Waals surface area contributed by atoms with Crippen molar-refractivity contribution in [3.05, 3.63) is 23.7 Å². The smallest absolute Gasteiger partial charge is 0.254 e. The standard InChI is InChI=1S/C11H16N2O2/c1-11(2-3-11)7-13-10(14)8-4-9(5-12)15-6-8/h4,6H,2-3,5,7,12H2,1H3,(H,13,14). The Labute approximate surface area is 88.8 Å². The quantitative estimate of drug-likeness (QED) is 0.782. The molecule has 2 rings (SSSR count). The molecule has 1 aliphatic carbocycles. The summed E-state index contributed by atoms with van der Waals surface area (Å²) in [6.45, 7) is 3.24. The van der Waals surface area contributed by atoms with Gasteiger partial charge in [0.05, 0.1) is 12.1 Å². The first-order valence-electron chi connectivity index (χ1n) is 5.19. The average Bonchev–Trinajstić information content (AvgIpc) is 2.81. The first-order chi connectivity index (χ1) is 7.13. The summed E-state index contributed by atoms with van der Waals surface area (Å²) in [5.41, 5.74) is 6.28. The Balaban J connectivity index is 1.89. The molecule has 1 aliphatic rings. The molecule has 0 aliphatic heterocycles. The highest BCUT2D eigenvalue weighted by atomic mass is 16.3. The minimum absolute atomic E-state index is 0.0772. The topological polar surface area (TPSA) is 68.3 Å². The van der Waals surface area contributed by atoms with Crippen molar-refractivity contribution in [3.8, 4) is 0 Å². The average molecular weight is 208 g/mol. The summed E-state index contributed by atoms with van der Waals surface area (Å²) >= 11 is 0. The lowest BCUT2D eigenvalue weighted by atomic mass is 10.1.